The molecule has 6 heteroatoms. The fourth-order valence-corrected chi connectivity index (χ4v) is 2.66. The molecule has 0 spiro atoms. The van der Waals surface area contributed by atoms with Crippen molar-refractivity contribution < 1.29 is 14.5 Å². The lowest BCUT2D eigenvalue weighted by atomic mass is 10.00. The van der Waals surface area contributed by atoms with Crippen molar-refractivity contribution in [3.63, 3.8) is 0 Å². The standard InChI is InChI=1S/C17H16N2O4/c20-17(11-12-5-7-13(8-6-12)19(21)22)18-15-9-10-23-16-4-2-1-3-14(15)16/h1-8,15H,9-11H2,(H,18,20). The lowest BCUT2D eigenvalue weighted by molar-refractivity contribution is -0.384. The van der Waals surface area contributed by atoms with E-state index in [0.29, 0.717) is 6.61 Å². The zero-order chi connectivity index (χ0) is 16.2. The number of nitrogens with one attached hydrogen (secondary N) is 1. The Morgan fingerprint density at radius 1 is 1.22 bits per heavy atom. The number of nitrogens with zero attached hydrogens (tertiary/aromatic N) is 1. The first-order valence-electron chi connectivity index (χ1n) is 7.38. The summed E-state index contributed by atoms with van der Waals surface area (Å²) in [6, 6.07) is 13.6. The summed E-state index contributed by atoms with van der Waals surface area (Å²) in [6.45, 7) is 0.569. The third-order valence-corrected chi connectivity index (χ3v) is 3.81. The molecule has 1 heterocycles. The van der Waals surface area contributed by atoms with E-state index in [2.05, 4.69) is 5.32 Å². The van der Waals surface area contributed by atoms with Gasteiger partial charge in [0.2, 0.25) is 5.91 Å². The normalized spacial score (nSPS) is 16.1. The lowest BCUT2D eigenvalue weighted by Gasteiger charge is -2.26. The van der Waals surface area contributed by atoms with Crippen LogP contribution in [-0.4, -0.2) is 17.4 Å². The minimum absolute atomic E-state index is 0.0208. The van der Waals surface area contributed by atoms with Crippen molar-refractivity contribution in [1.82, 2.24) is 5.32 Å². The van der Waals surface area contributed by atoms with Gasteiger partial charge in [-0.1, -0.05) is 30.3 Å². The summed E-state index contributed by atoms with van der Waals surface area (Å²) in [7, 11) is 0. The van der Waals surface area contributed by atoms with Crippen molar-refractivity contribution >= 4 is 11.6 Å². The van der Waals surface area contributed by atoms with Crippen LogP contribution in [0.1, 0.15) is 23.6 Å². The van der Waals surface area contributed by atoms with E-state index >= 15 is 0 Å². The summed E-state index contributed by atoms with van der Waals surface area (Å²) in [4.78, 5) is 22.4. The zero-order valence-corrected chi connectivity index (χ0v) is 12.4. The summed E-state index contributed by atoms with van der Waals surface area (Å²) in [5.74, 6) is 0.694. The number of carbonyl (C=O) groups is 1. The van der Waals surface area contributed by atoms with Gasteiger partial charge in [-0.2, -0.15) is 0 Å². The van der Waals surface area contributed by atoms with Gasteiger partial charge in [0, 0.05) is 24.1 Å². The van der Waals surface area contributed by atoms with Crippen molar-refractivity contribution in [1.29, 1.82) is 0 Å². The van der Waals surface area contributed by atoms with Gasteiger partial charge in [-0.25, -0.2) is 0 Å². The molecule has 118 valence electrons. The van der Waals surface area contributed by atoms with Crippen molar-refractivity contribution in [3.8, 4) is 5.75 Å². The van der Waals surface area contributed by atoms with Crippen LogP contribution in [0.2, 0.25) is 0 Å². The maximum Gasteiger partial charge on any atom is 0.269 e. The molecule has 23 heavy (non-hydrogen) atoms. The van der Waals surface area contributed by atoms with E-state index in [9.17, 15) is 14.9 Å². The van der Waals surface area contributed by atoms with E-state index in [4.69, 9.17) is 4.74 Å². The predicted molar refractivity (Wildman–Crippen MR) is 84.2 cm³/mol. The van der Waals surface area contributed by atoms with Gasteiger partial charge in [0.05, 0.1) is 24.0 Å². The third kappa shape index (κ3) is 3.48. The Hall–Kier alpha value is -2.89. The summed E-state index contributed by atoms with van der Waals surface area (Å²) in [5.41, 5.74) is 1.75. The van der Waals surface area contributed by atoms with E-state index in [0.717, 1.165) is 23.3 Å². The molecule has 2 aromatic carbocycles. The Labute approximate surface area is 133 Å². The van der Waals surface area contributed by atoms with Gasteiger partial charge in [0.25, 0.3) is 5.69 Å². The van der Waals surface area contributed by atoms with Gasteiger partial charge in [-0.15, -0.1) is 0 Å². The van der Waals surface area contributed by atoms with Crippen molar-refractivity contribution in [2.45, 2.75) is 18.9 Å². The topological polar surface area (TPSA) is 81.5 Å². The number of carbonyl (C=O) groups excluding carboxylic acids is 1. The Morgan fingerprint density at radius 2 is 1.96 bits per heavy atom. The van der Waals surface area contributed by atoms with Gasteiger partial charge < -0.3 is 10.1 Å². The minimum Gasteiger partial charge on any atom is -0.493 e. The molecule has 0 bridgehead atoms. The molecule has 6 nitrogen and oxygen atoms in total. The first-order chi connectivity index (χ1) is 11.1. The highest BCUT2D eigenvalue weighted by molar-refractivity contribution is 5.79. The number of hydrogen-bond donors (Lipinski definition) is 1. The molecule has 0 radical (unpaired) electrons. The zero-order valence-electron chi connectivity index (χ0n) is 12.4. The van der Waals surface area contributed by atoms with E-state index in [1.165, 1.54) is 12.1 Å². The largest absolute Gasteiger partial charge is 0.493 e. The first-order valence-corrected chi connectivity index (χ1v) is 7.38. The highest BCUT2D eigenvalue weighted by Gasteiger charge is 2.22. The molecule has 1 N–H and O–H groups in total. The highest BCUT2D eigenvalue weighted by Crippen LogP contribution is 2.31. The molecule has 1 unspecified atom stereocenters. The second-order valence-electron chi connectivity index (χ2n) is 5.40. The number of nitro groups is 1. The Bertz CT molecular complexity index is 728. The van der Waals surface area contributed by atoms with Gasteiger partial charge in [0.1, 0.15) is 5.75 Å². The molecule has 0 saturated heterocycles. The molecule has 0 aromatic heterocycles. The average Bonchev–Trinajstić information content (AvgIpc) is 2.55. The van der Waals surface area contributed by atoms with Gasteiger partial charge in [0.15, 0.2) is 0 Å². The van der Waals surface area contributed by atoms with E-state index in [1.54, 1.807) is 12.1 Å². The molecule has 2 aromatic rings. The average molecular weight is 312 g/mol. The molecule has 1 aliphatic heterocycles. The van der Waals surface area contributed by atoms with Gasteiger partial charge in [-0.3, -0.25) is 14.9 Å². The molecule has 0 aliphatic carbocycles. The van der Waals surface area contributed by atoms with Gasteiger partial charge in [-0.05, 0) is 11.6 Å². The molecular formula is C17H16N2O4. The number of para-hydroxylation sites is 1. The van der Waals surface area contributed by atoms with Crippen LogP contribution in [0.15, 0.2) is 48.5 Å². The SMILES string of the molecule is O=C(Cc1ccc([N+](=O)[O-])cc1)NC1CCOc2ccccc21. The van der Waals surface area contributed by atoms with Crippen LogP contribution >= 0.6 is 0 Å². The van der Waals surface area contributed by atoms with Crippen LogP contribution in [0.25, 0.3) is 0 Å². The van der Waals surface area contributed by atoms with Crippen molar-refractivity contribution in [3.05, 3.63) is 69.8 Å². The Kier molecular flexibility index (Phi) is 4.23. The maximum absolute atomic E-state index is 12.2. The molecule has 3 rings (SSSR count). The number of rotatable bonds is 4. The number of hydrogen-bond acceptors (Lipinski definition) is 4. The summed E-state index contributed by atoms with van der Waals surface area (Å²) in [5, 5.41) is 13.6. The molecule has 1 amide bonds. The fourth-order valence-electron chi connectivity index (χ4n) is 2.66. The van der Waals surface area contributed by atoms with Crippen LogP contribution in [-0.2, 0) is 11.2 Å². The predicted octanol–water partition coefficient (Wildman–Crippen LogP) is 2.78. The second-order valence-corrected chi connectivity index (χ2v) is 5.40. The monoisotopic (exact) mass is 312 g/mol. The maximum atomic E-state index is 12.2. The van der Waals surface area contributed by atoms with Crippen LogP contribution < -0.4 is 10.1 Å². The first kappa shape index (κ1) is 15.0. The Morgan fingerprint density at radius 3 is 2.70 bits per heavy atom. The smallest absolute Gasteiger partial charge is 0.269 e. The molecule has 0 saturated carbocycles. The third-order valence-electron chi connectivity index (χ3n) is 3.81. The summed E-state index contributed by atoms with van der Waals surface area (Å²) >= 11 is 0. The van der Waals surface area contributed by atoms with Crippen LogP contribution in [0, 0.1) is 10.1 Å². The molecule has 1 atom stereocenters. The number of ether oxygens (including phenoxy) is 1. The number of benzene rings is 2. The van der Waals surface area contributed by atoms with Crippen LogP contribution in [0.4, 0.5) is 5.69 Å². The quantitative estimate of drug-likeness (QED) is 0.695. The number of nitro benzene ring substituents is 1. The van der Waals surface area contributed by atoms with E-state index < -0.39 is 4.92 Å². The highest BCUT2D eigenvalue weighted by atomic mass is 16.6. The molecule has 1 aliphatic rings. The van der Waals surface area contributed by atoms with E-state index in [-0.39, 0.29) is 24.1 Å². The van der Waals surface area contributed by atoms with Crippen LogP contribution in [0.3, 0.4) is 0 Å². The number of amides is 1. The van der Waals surface area contributed by atoms with Crippen LogP contribution in [0.5, 0.6) is 5.75 Å². The van der Waals surface area contributed by atoms with E-state index in [1.807, 2.05) is 24.3 Å². The summed E-state index contributed by atoms with van der Waals surface area (Å²) in [6.07, 6.45) is 0.917. The van der Waals surface area contributed by atoms with Crippen molar-refractivity contribution in [2.75, 3.05) is 6.61 Å². The molecular weight excluding hydrogens is 296 g/mol. The summed E-state index contributed by atoms with van der Waals surface area (Å²) < 4.78 is 5.57. The fraction of sp³-hybridized carbons (Fsp3) is 0.235. The number of fused-ring (bicyclic) bond motifs is 1. The molecule has 0 fully saturated rings. The lowest BCUT2D eigenvalue weighted by Crippen LogP contribution is -2.33. The second kappa shape index (κ2) is 6.48. The van der Waals surface area contributed by atoms with Gasteiger partial charge >= 0.3 is 0 Å². The Balaban J connectivity index is 1.65. The number of non-ortho nitro benzene ring substituents is 1. The minimum atomic E-state index is -0.456. The van der Waals surface area contributed by atoms with Crippen molar-refractivity contribution in [2.24, 2.45) is 0 Å².